The Labute approximate surface area is 93.5 Å². The molecule has 0 spiro atoms. The molecule has 0 unspecified atom stereocenters. The van der Waals surface area contributed by atoms with E-state index in [0.29, 0.717) is 0 Å². The molecule has 1 aliphatic rings. The van der Waals surface area contributed by atoms with E-state index in [0.717, 1.165) is 23.7 Å². The van der Waals surface area contributed by atoms with Crippen LogP contribution in [0.25, 0.3) is 0 Å². The summed E-state index contributed by atoms with van der Waals surface area (Å²) in [5.41, 5.74) is -0.135. The molecule has 1 saturated carbocycles. The number of thioether (sulfide) groups is 1. The number of nitrogens with zero attached hydrogens (tertiary/aromatic N) is 2. The molecule has 0 amide bonds. The van der Waals surface area contributed by atoms with Crippen molar-refractivity contribution in [1.82, 2.24) is 9.97 Å². The quantitative estimate of drug-likeness (QED) is 0.601. The Hall–Kier alpha value is -0.810. The molecular formula is C10H15N3OS. The van der Waals surface area contributed by atoms with Gasteiger partial charge in [0.2, 0.25) is 0 Å². The Morgan fingerprint density at radius 3 is 2.87 bits per heavy atom. The molecule has 2 N–H and O–H groups in total. The summed E-state index contributed by atoms with van der Waals surface area (Å²) in [5.74, 6) is 0.808. The second-order valence-corrected chi connectivity index (χ2v) is 4.69. The van der Waals surface area contributed by atoms with Crippen molar-refractivity contribution in [3.63, 3.8) is 0 Å². The minimum atomic E-state index is -0.135. The molecule has 15 heavy (non-hydrogen) atoms. The molecule has 0 aliphatic heterocycles. The number of anilines is 1. The summed E-state index contributed by atoms with van der Waals surface area (Å²) >= 11 is 1.59. The molecular weight excluding hydrogens is 210 g/mol. The fraction of sp³-hybridized carbons (Fsp3) is 0.600. The highest BCUT2D eigenvalue weighted by atomic mass is 32.2. The van der Waals surface area contributed by atoms with Crippen LogP contribution in [0.5, 0.6) is 0 Å². The summed E-state index contributed by atoms with van der Waals surface area (Å²) in [6.45, 7) is 0.172. The maximum atomic E-state index is 9.31. The van der Waals surface area contributed by atoms with Crippen molar-refractivity contribution < 1.29 is 5.11 Å². The van der Waals surface area contributed by atoms with Gasteiger partial charge in [0.15, 0.2) is 0 Å². The van der Waals surface area contributed by atoms with Gasteiger partial charge in [0.1, 0.15) is 17.2 Å². The van der Waals surface area contributed by atoms with E-state index in [2.05, 4.69) is 15.3 Å². The fourth-order valence-electron chi connectivity index (χ4n) is 1.72. The van der Waals surface area contributed by atoms with E-state index in [1.165, 1.54) is 6.42 Å². The zero-order valence-electron chi connectivity index (χ0n) is 8.73. The van der Waals surface area contributed by atoms with Crippen molar-refractivity contribution in [3.8, 4) is 0 Å². The van der Waals surface area contributed by atoms with Crippen LogP contribution < -0.4 is 5.32 Å². The molecule has 1 aliphatic carbocycles. The lowest BCUT2D eigenvalue weighted by Crippen LogP contribution is -2.48. The number of hydrogen-bond donors (Lipinski definition) is 2. The van der Waals surface area contributed by atoms with Gasteiger partial charge in [-0.15, -0.1) is 11.8 Å². The number of aliphatic hydroxyl groups excluding tert-OH is 1. The van der Waals surface area contributed by atoms with Gasteiger partial charge in [0, 0.05) is 6.07 Å². The fourth-order valence-corrected chi connectivity index (χ4v) is 2.10. The Morgan fingerprint density at radius 1 is 1.53 bits per heavy atom. The zero-order chi connectivity index (χ0) is 10.7. The Bertz CT molecular complexity index is 336. The van der Waals surface area contributed by atoms with Crippen LogP contribution in [0.3, 0.4) is 0 Å². The van der Waals surface area contributed by atoms with E-state index >= 15 is 0 Å². The highest BCUT2D eigenvalue weighted by Gasteiger charge is 2.36. The Balaban J connectivity index is 2.09. The zero-order valence-corrected chi connectivity index (χ0v) is 9.55. The average Bonchev–Trinajstić information content (AvgIpc) is 2.24. The standard InChI is InChI=1S/C10H15N3OS/c1-15-9-5-8(11-7-12-9)13-10(6-14)3-2-4-10/h5,7,14H,2-4,6H2,1H3,(H,11,12,13). The van der Waals surface area contributed by atoms with Gasteiger partial charge in [0.25, 0.3) is 0 Å². The van der Waals surface area contributed by atoms with Crippen LogP contribution in [0, 0.1) is 0 Å². The van der Waals surface area contributed by atoms with Crippen LogP contribution in [0.15, 0.2) is 17.4 Å². The number of aliphatic hydroxyl groups is 1. The van der Waals surface area contributed by atoms with E-state index in [9.17, 15) is 5.11 Å². The first-order valence-corrected chi connectivity index (χ1v) is 6.25. The maximum Gasteiger partial charge on any atom is 0.130 e. The monoisotopic (exact) mass is 225 g/mol. The predicted molar refractivity (Wildman–Crippen MR) is 61.1 cm³/mol. The third-order valence-corrected chi connectivity index (χ3v) is 3.50. The summed E-state index contributed by atoms with van der Waals surface area (Å²) in [4.78, 5) is 8.26. The van der Waals surface area contributed by atoms with E-state index in [-0.39, 0.29) is 12.1 Å². The van der Waals surface area contributed by atoms with Crippen molar-refractivity contribution in [1.29, 1.82) is 0 Å². The van der Waals surface area contributed by atoms with Gasteiger partial charge >= 0.3 is 0 Å². The smallest absolute Gasteiger partial charge is 0.130 e. The molecule has 1 fully saturated rings. The van der Waals surface area contributed by atoms with Crippen LogP contribution in [0.1, 0.15) is 19.3 Å². The van der Waals surface area contributed by atoms with Crippen LogP contribution >= 0.6 is 11.8 Å². The highest BCUT2D eigenvalue weighted by Crippen LogP contribution is 2.34. The molecule has 5 heteroatoms. The molecule has 0 atom stereocenters. The van der Waals surface area contributed by atoms with Crippen LogP contribution in [-0.4, -0.2) is 33.5 Å². The van der Waals surface area contributed by atoms with Crippen molar-refractivity contribution in [2.75, 3.05) is 18.2 Å². The first kappa shape index (κ1) is 10.7. The van der Waals surface area contributed by atoms with Crippen LogP contribution in [0.4, 0.5) is 5.82 Å². The molecule has 4 nitrogen and oxygen atoms in total. The van der Waals surface area contributed by atoms with Gasteiger partial charge in [-0.25, -0.2) is 9.97 Å². The molecule has 0 radical (unpaired) electrons. The lowest BCUT2D eigenvalue weighted by Gasteiger charge is -2.41. The largest absolute Gasteiger partial charge is 0.394 e. The minimum absolute atomic E-state index is 0.135. The molecule has 1 aromatic rings. The van der Waals surface area contributed by atoms with Gasteiger partial charge in [-0.2, -0.15) is 0 Å². The number of hydrogen-bond acceptors (Lipinski definition) is 5. The lowest BCUT2D eigenvalue weighted by molar-refractivity contribution is 0.144. The van der Waals surface area contributed by atoms with Crippen molar-refractivity contribution in [2.45, 2.75) is 29.8 Å². The lowest BCUT2D eigenvalue weighted by atomic mass is 9.77. The van der Waals surface area contributed by atoms with E-state index < -0.39 is 0 Å². The van der Waals surface area contributed by atoms with Crippen molar-refractivity contribution in [3.05, 3.63) is 12.4 Å². The van der Waals surface area contributed by atoms with Gasteiger partial charge in [-0.3, -0.25) is 0 Å². The second-order valence-electron chi connectivity index (χ2n) is 3.86. The molecule has 2 rings (SSSR count). The van der Waals surface area contributed by atoms with E-state index in [1.807, 2.05) is 12.3 Å². The van der Waals surface area contributed by atoms with Crippen molar-refractivity contribution >= 4 is 17.6 Å². The van der Waals surface area contributed by atoms with Crippen molar-refractivity contribution in [2.24, 2.45) is 0 Å². The first-order valence-electron chi connectivity index (χ1n) is 5.03. The van der Waals surface area contributed by atoms with Gasteiger partial charge in [-0.05, 0) is 25.5 Å². The molecule has 0 saturated heterocycles. The van der Waals surface area contributed by atoms with E-state index in [4.69, 9.17) is 0 Å². The topological polar surface area (TPSA) is 58.0 Å². The molecule has 1 aromatic heterocycles. The predicted octanol–water partition coefficient (Wildman–Crippen LogP) is 1.53. The molecule has 82 valence electrons. The Kier molecular flexibility index (Phi) is 3.11. The summed E-state index contributed by atoms with van der Waals surface area (Å²) in [5, 5.41) is 13.6. The normalized spacial score (nSPS) is 18.3. The molecule has 0 aromatic carbocycles. The third-order valence-electron chi connectivity index (χ3n) is 2.86. The highest BCUT2D eigenvalue weighted by molar-refractivity contribution is 7.98. The Morgan fingerprint density at radius 2 is 2.33 bits per heavy atom. The number of nitrogens with one attached hydrogen (secondary N) is 1. The second kappa shape index (κ2) is 4.37. The summed E-state index contributed by atoms with van der Waals surface area (Å²) in [6.07, 6.45) is 6.74. The average molecular weight is 225 g/mol. The number of rotatable bonds is 4. The SMILES string of the molecule is CSc1cc(NC2(CO)CCC2)ncn1. The van der Waals surface area contributed by atoms with Gasteiger partial charge in [-0.1, -0.05) is 0 Å². The first-order chi connectivity index (χ1) is 7.28. The van der Waals surface area contributed by atoms with E-state index in [1.54, 1.807) is 18.1 Å². The molecule has 0 bridgehead atoms. The third kappa shape index (κ3) is 2.23. The van der Waals surface area contributed by atoms with Crippen LogP contribution in [-0.2, 0) is 0 Å². The number of aromatic nitrogens is 2. The van der Waals surface area contributed by atoms with Crippen LogP contribution in [0.2, 0.25) is 0 Å². The summed E-state index contributed by atoms with van der Waals surface area (Å²) < 4.78 is 0. The maximum absolute atomic E-state index is 9.31. The van der Waals surface area contributed by atoms with Gasteiger partial charge in [0.05, 0.1) is 12.1 Å². The summed E-state index contributed by atoms with van der Waals surface area (Å²) in [6, 6.07) is 1.92. The van der Waals surface area contributed by atoms with Gasteiger partial charge < -0.3 is 10.4 Å². The minimum Gasteiger partial charge on any atom is -0.394 e. The molecule has 1 heterocycles. The summed E-state index contributed by atoms with van der Waals surface area (Å²) in [7, 11) is 0.